The average Bonchev–Trinajstić information content (AvgIpc) is 2.87. The molecular formula is C31H29N. The van der Waals surface area contributed by atoms with Crippen molar-refractivity contribution in [2.75, 3.05) is 0 Å². The van der Waals surface area contributed by atoms with Gasteiger partial charge in [0, 0.05) is 11.1 Å². The molecule has 1 fully saturated rings. The molecule has 4 rings (SSSR count). The van der Waals surface area contributed by atoms with Crippen molar-refractivity contribution in [2.24, 2.45) is 0 Å². The van der Waals surface area contributed by atoms with E-state index < -0.39 is 0 Å². The zero-order valence-electron chi connectivity index (χ0n) is 18.6. The van der Waals surface area contributed by atoms with E-state index in [4.69, 9.17) is 5.26 Å². The standard InChI is InChI=1S/C31H29N/c1-2-3-4-24-11-15-28(16-12-24)30-19-21-31(22-20-30)29-17-13-26(14-18-29)6-5-25-7-9-27(23-32)10-8-25/h2,7-18,30-31H,1,3-4,19-22H2. The Hall–Kier alpha value is -3.55. The third-order valence-corrected chi connectivity index (χ3v) is 6.56. The summed E-state index contributed by atoms with van der Waals surface area (Å²) in [5.41, 5.74) is 6.97. The summed E-state index contributed by atoms with van der Waals surface area (Å²) in [7, 11) is 0. The second-order valence-electron chi connectivity index (χ2n) is 8.68. The maximum Gasteiger partial charge on any atom is 0.0991 e. The van der Waals surface area contributed by atoms with Gasteiger partial charge in [-0.1, -0.05) is 54.3 Å². The summed E-state index contributed by atoms with van der Waals surface area (Å²) in [6, 6.07) is 27.6. The normalized spacial score (nSPS) is 17.6. The first-order chi connectivity index (χ1) is 15.7. The number of nitriles is 1. The molecular weight excluding hydrogens is 386 g/mol. The highest BCUT2D eigenvalue weighted by molar-refractivity contribution is 5.45. The molecule has 1 aliphatic rings. The molecule has 0 atom stereocenters. The van der Waals surface area contributed by atoms with Crippen LogP contribution in [0.4, 0.5) is 0 Å². The monoisotopic (exact) mass is 415 g/mol. The molecule has 0 amide bonds. The maximum absolute atomic E-state index is 8.89. The molecule has 1 aliphatic carbocycles. The third kappa shape index (κ3) is 5.57. The van der Waals surface area contributed by atoms with Crippen molar-refractivity contribution in [3.8, 4) is 17.9 Å². The zero-order chi connectivity index (χ0) is 22.2. The van der Waals surface area contributed by atoms with Crippen LogP contribution >= 0.6 is 0 Å². The van der Waals surface area contributed by atoms with E-state index in [0.29, 0.717) is 17.4 Å². The minimum atomic E-state index is 0.652. The predicted molar refractivity (Wildman–Crippen MR) is 132 cm³/mol. The molecule has 158 valence electrons. The molecule has 0 N–H and O–H groups in total. The molecule has 0 aliphatic heterocycles. The number of benzene rings is 3. The van der Waals surface area contributed by atoms with E-state index in [0.717, 1.165) is 24.0 Å². The molecule has 3 aromatic carbocycles. The lowest BCUT2D eigenvalue weighted by molar-refractivity contribution is 0.396. The van der Waals surface area contributed by atoms with E-state index in [1.165, 1.54) is 42.4 Å². The van der Waals surface area contributed by atoms with Gasteiger partial charge in [-0.2, -0.15) is 5.26 Å². The average molecular weight is 416 g/mol. The fraction of sp³-hybridized carbons (Fsp3) is 0.258. The summed E-state index contributed by atoms with van der Waals surface area (Å²) in [6.45, 7) is 3.82. The van der Waals surface area contributed by atoms with Crippen molar-refractivity contribution in [1.29, 1.82) is 5.26 Å². The zero-order valence-corrected chi connectivity index (χ0v) is 18.6. The van der Waals surface area contributed by atoms with Gasteiger partial charge in [-0.05, 0) is 103 Å². The molecule has 32 heavy (non-hydrogen) atoms. The topological polar surface area (TPSA) is 23.8 Å². The summed E-state index contributed by atoms with van der Waals surface area (Å²) < 4.78 is 0. The molecule has 3 aromatic rings. The van der Waals surface area contributed by atoms with Crippen LogP contribution in [0.25, 0.3) is 0 Å². The van der Waals surface area contributed by atoms with Crippen molar-refractivity contribution < 1.29 is 0 Å². The summed E-state index contributed by atoms with van der Waals surface area (Å²) in [6.07, 6.45) is 9.14. The molecule has 0 radical (unpaired) electrons. The highest BCUT2D eigenvalue weighted by Crippen LogP contribution is 2.40. The fourth-order valence-electron chi connectivity index (χ4n) is 4.60. The molecule has 1 saturated carbocycles. The SMILES string of the molecule is C=CCCc1ccc(C2CCC(c3ccc(C#Cc4ccc(C#N)cc4)cc3)CC2)cc1. The fourth-order valence-corrected chi connectivity index (χ4v) is 4.60. The Labute approximate surface area is 192 Å². The summed E-state index contributed by atoms with van der Waals surface area (Å²) in [5, 5.41) is 8.89. The van der Waals surface area contributed by atoms with Crippen LogP contribution in [-0.2, 0) is 6.42 Å². The first kappa shape index (κ1) is 21.7. The number of rotatable bonds is 5. The largest absolute Gasteiger partial charge is 0.192 e. The summed E-state index contributed by atoms with van der Waals surface area (Å²) in [4.78, 5) is 0. The highest BCUT2D eigenvalue weighted by Gasteiger charge is 2.23. The van der Waals surface area contributed by atoms with Gasteiger partial charge in [0.15, 0.2) is 0 Å². The van der Waals surface area contributed by atoms with Gasteiger partial charge in [0.05, 0.1) is 11.6 Å². The number of nitrogens with zero attached hydrogens (tertiary/aromatic N) is 1. The van der Waals surface area contributed by atoms with Crippen molar-refractivity contribution in [1.82, 2.24) is 0 Å². The molecule has 0 unspecified atom stereocenters. The molecule has 0 heterocycles. The van der Waals surface area contributed by atoms with Crippen molar-refractivity contribution in [3.63, 3.8) is 0 Å². The van der Waals surface area contributed by atoms with Crippen LogP contribution in [0.2, 0.25) is 0 Å². The molecule has 0 spiro atoms. The van der Waals surface area contributed by atoms with Crippen molar-refractivity contribution in [2.45, 2.75) is 50.4 Å². The first-order valence-electron chi connectivity index (χ1n) is 11.6. The van der Waals surface area contributed by atoms with Gasteiger partial charge in [-0.3, -0.25) is 0 Å². The number of aryl methyl sites for hydroxylation is 1. The summed E-state index contributed by atoms with van der Waals surface area (Å²) >= 11 is 0. The lowest BCUT2D eigenvalue weighted by atomic mass is 9.76. The van der Waals surface area contributed by atoms with E-state index in [1.807, 2.05) is 18.2 Å². The molecule has 0 saturated heterocycles. The predicted octanol–water partition coefficient (Wildman–Crippen LogP) is 7.52. The summed E-state index contributed by atoms with van der Waals surface area (Å²) in [5.74, 6) is 7.77. The van der Waals surface area contributed by atoms with Crippen LogP contribution in [0.3, 0.4) is 0 Å². The highest BCUT2D eigenvalue weighted by atomic mass is 14.3. The van der Waals surface area contributed by atoms with Crippen molar-refractivity contribution >= 4 is 0 Å². The van der Waals surface area contributed by atoms with Crippen LogP contribution in [0, 0.1) is 23.2 Å². The molecule has 0 bridgehead atoms. The van der Waals surface area contributed by atoms with Gasteiger partial charge in [0.2, 0.25) is 0 Å². The molecule has 1 nitrogen and oxygen atoms in total. The van der Waals surface area contributed by atoms with Gasteiger partial charge < -0.3 is 0 Å². The van der Waals surface area contributed by atoms with Gasteiger partial charge in [0.25, 0.3) is 0 Å². The van der Waals surface area contributed by atoms with E-state index in [9.17, 15) is 0 Å². The van der Waals surface area contributed by atoms with Gasteiger partial charge in [0.1, 0.15) is 0 Å². The quantitative estimate of drug-likeness (QED) is 0.312. The van der Waals surface area contributed by atoms with Crippen molar-refractivity contribution in [3.05, 3.63) is 119 Å². The number of allylic oxidation sites excluding steroid dienone is 1. The van der Waals surface area contributed by atoms with E-state index in [1.54, 1.807) is 12.1 Å². The van der Waals surface area contributed by atoms with E-state index >= 15 is 0 Å². The van der Waals surface area contributed by atoms with Gasteiger partial charge in [-0.25, -0.2) is 0 Å². The van der Waals surface area contributed by atoms with Crippen LogP contribution in [0.15, 0.2) is 85.5 Å². The minimum absolute atomic E-state index is 0.652. The second-order valence-corrected chi connectivity index (χ2v) is 8.68. The Morgan fingerprint density at radius 3 is 1.59 bits per heavy atom. The lowest BCUT2D eigenvalue weighted by Crippen LogP contribution is -2.12. The maximum atomic E-state index is 8.89. The van der Waals surface area contributed by atoms with Crippen LogP contribution < -0.4 is 0 Å². The van der Waals surface area contributed by atoms with Crippen LogP contribution in [-0.4, -0.2) is 0 Å². The van der Waals surface area contributed by atoms with E-state index in [-0.39, 0.29) is 0 Å². The van der Waals surface area contributed by atoms with Crippen LogP contribution in [0.1, 0.15) is 77.3 Å². The Morgan fingerprint density at radius 1 is 0.688 bits per heavy atom. The molecule has 1 heteroatoms. The number of hydrogen-bond acceptors (Lipinski definition) is 1. The Balaban J connectivity index is 1.32. The number of hydrogen-bond donors (Lipinski definition) is 0. The Kier molecular flexibility index (Phi) is 7.22. The van der Waals surface area contributed by atoms with Crippen LogP contribution in [0.5, 0.6) is 0 Å². The second kappa shape index (κ2) is 10.7. The minimum Gasteiger partial charge on any atom is -0.192 e. The smallest absolute Gasteiger partial charge is 0.0991 e. The van der Waals surface area contributed by atoms with E-state index in [2.05, 4.69) is 73.0 Å². The first-order valence-corrected chi connectivity index (χ1v) is 11.6. The third-order valence-electron chi connectivity index (χ3n) is 6.56. The van der Waals surface area contributed by atoms with Gasteiger partial charge >= 0.3 is 0 Å². The lowest BCUT2D eigenvalue weighted by Gasteiger charge is -2.29. The Morgan fingerprint density at radius 2 is 1.12 bits per heavy atom. The van der Waals surface area contributed by atoms with Gasteiger partial charge in [-0.15, -0.1) is 6.58 Å². The molecule has 0 aromatic heterocycles. The Bertz CT molecular complexity index is 1120.